The van der Waals surface area contributed by atoms with Crippen molar-refractivity contribution in [3.63, 3.8) is 0 Å². The van der Waals surface area contributed by atoms with Gasteiger partial charge in [-0.3, -0.25) is 9.69 Å². The van der Waals surface area contributed by atoms with Gasteiger partial charge in [-0.15, -0.1) is 0 Å². The Kier molecular flexibility index (Phi) is 6.41. The molecule has 134 valence electrons. The van der Waals surface area contributed by atoms with Crippen LogP contribution in [0.2, 0.25) is 0 Å². The van der Waals surface area contributed by atoms with Crippen molar-refractivity contribution in [2.24, 2.45) is 5.92 Å². The molecule has 23 heavy (non-hydrogen) atoms. The summed E-state index contributed by atoms with van der Waals surface area (Å²) in [5, 5.41) is 3.15. The standard InChI is InChI=1S/C15H30N4O3S/c1-13-6-4-5-7-14(13)16-15(20)12-18-8-10-19(11-9-18)23(21,22)17(2)3/h13-14H,4-12H2,1-3H3,(H,16,20). The first-order valence-corrected chi connectivity index (χ1v) is 9.89. The van der Waals surface area contributed by atoms with E-state index in [1.807, 2.05) is 4.90 Å². The molecule has 0 spiro atoms. The second-order valence-corrected chi connectivity index (χ2v) is 9.04. The van der Waals surface area contributed by atoms with Crippen LogP contribution in [-0.2, 0) is 15.0 Å². The molecule has 1 saturated heterocycles. The lowest BCUT2D eigenvalue weighted by atomic mass is 9.86. The lowest BCUT2D eigenvalue weighted by Crippen LogP contribution is -2.54. The van der Waals surface area contributed by atoms with Crippen molar-refractivity contribution in [3.05, 3.63) is 0 Å². The van der Waals surface area contributed by atoms with Gasteiger partial charge in [-0.05, 0) is 18.8 Å². The van der Waals surface area contributed by atoms with Gasteiger partial charge in [-0.1, -0.05) is 19.8 Å². The number of hydrogen-bond acceptors (Lipinski definition) is 4. The van der Waals surface area contributed by atoms with Crippen molar-refractivity contribution in [3.8, 4) is 0 Å². The summed E-state index contributed by atoms with van der Waals surface area (Å²) in [7, 11) is -0.258. The van der Waals surface area contributed by atoms with E-state index in [0.29, 0.717) is 44.7 Å². The molecule has 0 aromatic carbocycles. The van der Waals surface area contributed by atoms with Gasteiger partial charge in [-0.2, -0.15) is 17.0 Å². The van der Waals surface area contributed by atoms with E-state index in [2.05, 4.69) is 12.2 Å². The largest absolute Gasteiger partial charge is 0.352 e. The van der Waals surface area contributed by atoms with E-state index >= 15 is 0 Å². The Hall–Kier alpha value is -0.700. The third-order valence-electron chi connectivity index (χ3n) is 4.94. The predicted octanol–water partition coefficient (Wildman–Crippen LogP) is 0.105. The third-order valence-corrected chi connectivity index (χ3v) is 6.88. The summed E-state index contributed by atoms with van der Waals surface area (Å²) >= 11 is 0. The number of piperazine rings is 1. The maximum atomic E-state index is 12.2. The Labute approximate surface area is 140 Å². The summed E-state index contributed by atoms with van der Waals surface area (Å²) in [6, 6.07) is 0.298. The third kappa shape index (κ3) is 4.89. The number of rotatable bonds is 5. The lowest BCUT2D eigenvalue weighted by Gasteiger charge is -2.35. The number of amides is 1. The molecule has 2 unspecified atom stereocenters. The number of carbonyl (C=O) groups is 1. The van der Waals surface area contributed by atoms with Crippen LogP contribution in [0.5, 0.6) is 0 Å². The van der Waals surface area contributed by atoms with E-state index in [0.717, 1.165) is 6.42 Å². The van der Waals surface area contributed by atoms with Gasteiger partial charge in [0.2, 0.25) is 5.91 Å². The molecule has 8 heteroatoms. The van der Waals surface area contributed by atoms with Crippen molar-refractivity contribution in [2.45, 2.75) is 38.6 Å². The summed E-state index contributed by atoms with van der Waals surface area (Å²) < 4.78 is 26.8. The fraction of sp³-hybridized carbons (Fsp3) is 0.933. The van der Waals surface area contributed by atoms with Gasteiger partial charge in [0.05, 0.1) is 6.54 Å². The molecule has 7 nitrogen and oxygen atoms in total. The van der Waals surface area contributed by atoms with Crippen LogP contribution in [0.3, 0.4) is 0 Å². The van der Waals surface area contributed by atoms with E-state index in [4.69, 9.17) is 0 Å². The molecule has 0 bridgehead atoms. The van der Waals surface area contributed by atoms with Crippen LogP contribution < -0.4 is 5.32 Å². The van der Waals surface area contributed by atoms with E-state index in [1.54, 1.807) is 14.1 Å². The molecular formula is C15H30N4O3S. The molecule has 0 radical (unpaired) electrons. The highest BCUT2D eigenvalue weighted by molar-refractivity contribution is 7.86. The first kappa shape index (κ1) is 18.6. The Morgan fingerprint density at radius 3 is 2.30 bits per heavy atom. The monoisotopic (exact) mass is 346 g/mol. The van der Waals surface area contributed by atoms with Crippen molar-refractivity contribution >= 4 is 16.1 Å². The van der Waals surface area contributed by atoms with Gasteiger partial charge >= 0.3 is 0 Å². The molecule has 1 aliphatic heterocycles. The van der Waals surface area contributed by atoms with Gasteiger partial charge in [-0.25, -0.2) is 0 Å². The quantitative estimate of drug-likeness (QED) is 0.767. The Bertz CT molecular complexity index is 501. The SMILES string of the molecule is CC1CCCCC1NC(=O)CN1CCN(S(=O)(=O)N(C)C)CC1. The molecule has 0 aromatic heterocycles. The van der Waals surface area contributed by atoms with Crippen molar-refractivity contribution in [2.75, 3.05) is 46.8 Å². The molecule has 1 amide bonds. The number of nitrogens with zero attached hydrogens (tertiary/aromatic N) is 3. The molecule has 1 saturated carbocycles. The van der Waals surface area contributed by atoms with Gasteiger partial charge in [0, 0.05) is 46.3 Å². The zero-order valence-corrected chi connectivity index (χ0v) is 15.3. The highest BCUT2D eigenvalue weighted by Crippen LogP contribution is 2.23. The maximum Gasteiger partial charge on any atom is 0.281 e. The number of hydrogen-bond donors (Lipinski definition) is 1. The van der Waals surface area contributed by atoms with Crippen LogP contribution in [0, 0.1) is 5.92 Å². The Morgan fingerprint density at radius 2 is 1.74 bits per heavy atom. The average Bonchev–Trinajstić information content (AvgIpc) is 2.50. The predicted molar refractivity (Wildman–Crippen MR) is 90.2 cm³/mol. The van der Waals surface area contributed by atoms with Crippen molar-refractivity contribution < 1.29 is 13.2 Å². The van der Waals surface area contributed by atoms with Gasteiger partial charge < -0.3 is 5.32 Å². The fourth-order valence-electron chi connectivity index (χ4n) is 3.34. The van der Waals surface area contributed by atoms with Gasteiger partial charge in [0.1, 0.15) is 0 Å². The van der Waals surface area contributed by atoms with Crippen LogP contribution in [0.25, 0.3) is 0 Å². The summed E-state index contributed by atoms with van der Waals surface area (Å²) in [5.74, 6) is 0.613. The molecule has 1 aliphatic carbocycles. The van der Waals surface area contributed by atoms with E-state index < -0.39 is 10.2 Å². The van der Waals surface area contributed by atoms with Crippen molar-refractivity contribution in [1.82, 2.24) is 18.8 Å². The number of carbonyl (C=O) groups excluding carboxylic acids is 1. The highest BCUT2D eigenvalue weighted by Gasteiger charge is 2.29. The summed E-state index contributed by atoms with van der Waals surface area (Å²) in [6.07, 6.45) is 4.71. The first-order chi connectivity index (χ1) is 10.8. The minimum absolute atomic E-state index is 0.0627. The second kappa shape index (κ2) is 7.92. The molecule has 1 heterocycles. The van der Waals surface area contributed by atoms with Gasteiger partial charge in [0.25, 0.3) is 10.2 Å². The average molecular weight is 346 g/mol. The minimum atomic E-state index is -3.34. The minimum Gasteiger partial charge on any atom is -0.352 e. The van der Waals surface area contributed by atoms with Gasteiger partial charge in [0.15, 0.2) is 0 Å². The van der Waals surface area contributed by atoms with Crippen LogP contribution in [0.15, 0.2) is 0 Å². The lowest BCUT2D eigenvalue weighted by molar-refractivity contribution is -0.123. The van der Waals surface area contributed by atoms with E-state index in [-0.39, 0.29) is 5.91 Å². The first-order valence-electron chi connectivity index (χ1n) is 8.50. The second-order valence-electron chi connectivity index (χ2n) is 6.90. The molecule has 2 atom stereocenters. The molecular weight excluding hydrogens is 316 g/mol. The van der Waals surface area contributed by atoms with E-state index in [9.17, 15) is 13.2 Å². The van der Waals surface area contributed by atoms with Crippen molar-refractivity contribution in [1.29, 1.82) is 0 Å². The highest BCUT2D eigenvalue weighted by atomic mass is 32.2. The summed E-state index contributed by atoms with van der Waals surface area (Å²) in [4.78, 5) is 14.3. The summed E-state index contributed by atoms with van der Waals surface area (Å²) in [5.41, 5.74) is 0. The molecule has 2 rings (SSSR count). The fourth-order valence-corrected chi connectivity index (χ4v) is 4.42. The van der Waals surface area contributed by atoms with Crippen LogP contribution in [0.1, 0.15) is 32.6 Å². The van der Waals surface area contributed by atoms with Crippen LogP contribution >= 0.6 is 0 Å². The smallest absolute Gasteiger partial charge is 0.281 e. The molecule has 0 aromatic rings. The zero-order valence-electron chi connectivity index (χ0n) is 14.5. The molecule has 2 aliphatic rings. The van der Waals surface area contributed by atoms with Crippen LogP contribution in [-0.4, -0.2) is 80.7 Å². The van der Waals surface area contributed by atoms with E-state index in [1.165, 1.54) is 27.9 Å². The summed E-state index contributed by atoms with van der Waals surface area (Å²) in [6.45, 7) is 4.64. The normalized spacial score (nSPS) is 28.0. The zero-order chi connectivity index (χ0) is 17.0. The topological polar surface area (TPSA) is 73.0 Å². The Morgan fingerprint density at radius 1 is 1.13 bits per heavy atom. The van der Waals surface area contributed by atoms with Crippen LogP contribution in [0.4, 0.5) is 0 Å². The number of nitrogens with one attached hydrogen (secondary N) is 1. The Balaban J connectivity index is 1.76. The molecule has 1 N–H and O–H groups in total. The molecule has 2 fully saturated rings. The maximum absolute atomic E-state index is 12.2.